The lowest BCUT2D eigenvalue weighted by atomic mass is 10.1. The molecule has 1 atom stereocenters. The fourth-order valence-corrected chi connectivity index (χ4v) is 3.18. The van der Waals surface area contributed by atoms with Gasteiger partial charge < -0.3 is 9.64 Å². The summed E-state index contributed by atoms with van der Waals surface area (Å²) in [5, 5.41) is 5.38. The van der Waals surface area contributed by atoms with Gasteiger partial charge >= 0.3 is 0 Å². The van der Waals surface area contributed by atoms with E-state index in [9.17, 15) is 0 Å². The van der Waals surface area contributed by atoms with E-state index in [0.29, 0.717) is 6.04 Å². The van der Waals surface area contributed by atoms with Crippen LogP contribution in [0.3, 0.4) is 0 Å². The van der Waals surface area contributed by atoms with Gasteiger partial charge in [0.15, 0.2) is 0 Å². The Balaban J connectivity index is 1.60. The van der Waals surface area contributed by atoms with E-state index in [2.05, 4.69) is 27.1 Å². The van der Waals surface area contributed by atoms with E-state index in [1.54, 1.807) is 19.8 Å². The van der Waals surface area contributed by atoms with E-state index in [1.165, 1.54) is 0 Å². The van der Waals surface area contributed by atoms with Crippen LogP contribution >= 0.6 is 0 Å². The normalized spacial score (nSPS) is 18.3. The minimum atomic E-state index is 0.361. The predicted molar refractivity (Wildman–Crippen MR) is 88.8 cm³/mol. The number of aromatic nitrogens is 4. The van der Waals surface area contributed by atoms with Crippen LogP contribution in [-0.2, 0) is 0 Å². The van der Waals surface area contributed by atoms with Crippen molar-refractivity contribution in [3.63, 3.8) is 0 Å². The lowest BCUT2D eigenvalue weighted by Gasteiger charge is -2.33. The number of benzene rings is 1. The number of ether oxygens (including phenoxy) is 1. The molecule has 0 bridgehead atoms. The molecule has 0 amide bonds. The molecule has 0 saturated carbocycles. The molecule has 6 nitrogen and oxygen atoms in total. The minimum absolute atomic E-state index is 0.361. The highest BCUT2D eigenvalue weighted by Crippen LogP contribution is 2.27. The number of rotatable bonds is 3. The number of hydrogen-bond acceptors (Lipinski definition) is 5. The van der Waals surface area contributed by atoms with E-state index in [1.807, 2.05) is 22.9 Å². The van der Waals surface area contributed by atoms with Crippen molar-refractivity contribution in [3.8, 4) is 5.75 Å². The van der Waals surface area contributed by atoms with E-state index in [-0.39, 0.29) is 0 Å². The third-order valence-corrected chi connectivity index (χ3v) is 4.41. The molecule has 0 aliphatic carbocycles. The third-order valence-electron chi connectivity index (χ3n) is 4.41. The van der Waals surface area contributed by atoms with Crippen molar-refractivity contribution >= 4 is 16.7 Å². The quantitative estimate of drug-likeness (QED) is 0.744. The molecule has 3 heterocycles. The van der Waals surface area contributed by atoms with Gasteiger partial charge in [0.05, 0.1) is 18.7 Å². The van der Waals surface area contributed by atoms with Crippen LogP contribution in [0, 0.1) is 0 Å². The Morgan fingerprint density at radius 3 is 3.00 bits per heavy atom. The maximum Gasteiger partial charge on any atom is 0.137 e. The first-order valence-corrected chi connectivity index (χ1v) is 7.87. The highest BCUT2D eigenvalue weighted by Gasteiger charge is 2.22. The van der Waals surface area contributed by atoms with E-state index >= 15 is 0 Å². The predicted octanol–water partition coefficient (Wildman–Crippen LogP) is 2.68. The monoisotopic (exact) mass is 309 g/mol. The van der Waals surface area contributed by atoms with Crippen LogP contribution in [0.1, 0.15) is 18.9 Å². The molecule has 0 spiro atoms. The molecule has 1 aliphatic heterocycles. The molecule has 1 saturated heterocycles. The molecule has 1 fully saturated rings. The topological polar surface area (TPSA) is 56.1 Å². The molecule has 0 N–H and O–H groups in total. The maximum absolute atomic E-state index is 5.27. The zero-order chi connectivity index (χ0) is 15.6. The van der Waals surface area contributed by atoms with Gasteiger partial charge in [-0.2, -0.15) is 5.10 Å². The Kier molecular flexibility index (Phi) is 3.57. The Morgan fingerprint density at radius 2 is 2.17 bits per heavy atom. The van der Waals surface area contributed by atoms with Crippen LogP contribution in [0.5, 0.6) is 5.75 Å². The summed E-state index contributed by atoms with van der Waals surface area (Å²) >= 11 is 0. The van der Waals surface area contributed by atoms with Crippen molar-refractivity contribution in [2.24, 2.45) is 0 Å². The minimum Gasteiger partial charge on any atom is -0.497 e. The van der Waals surface area contributed by atoms with E-state index in [4.69, 9.17) is 9.72 Å². The molecule has 118 valence electrons. The number of methoxy groups -OCH3 is 1. The zero-order valence-electron chi connectivity index (χ0n) is 13.1. The first-order valence-electron chi connectivity index (χ1n) is 7.87. The summed E-state index contributed by atoms with van der Waals surface area (Å²) in [5.74, 6) is 1.88. The summed E-state index contributed by atoms with van der Waals surface area (Å²) in [4.78, 5) is 11.2. The molecule has 1 unspecified atom stereocenters. The first-order chi connectivity index (χ1) is 11.3. The molecule has 1 aliphatic rings. The summed E-state index contributed by atoms with van der Waals surface area (Å²) < 4.78 is 7.23. The fraction of sp³-hybridized carbons (Fsp3) is 0.353. The van der Waals surface area contributed by atoms with E-state index in [0.717, 1.165) is 48.4 Å². The van der Waals surface area contributed by atoms with Crippen LogP contribution in [0.15, 0.2) is 43.0 Å². The number of fused-ring (bicyclic) bond motifs is 1. The molecular formula is C17H19N5O. The maximum atomic E-state index is 5.27. The van der Waals surface area contributed by atoms with Crippen molar-refractivity contribution in [2.45, 2.75) is 18.9 Å². The standard InChI is InChI=1S/C17H19N5O/c1-23-15-5-6-16-13(9-15)4-7-17(20-16)21-8-2-3-14(10-21)22-12-18-11-19-22/h4-7,9,11-12,14H,2-3,8,10H2,1H3. The first kappa shape index (κ1) is 14.0. The highest BCUT2D eigenvalue weighted by atomic mass is 16.5. The number of nitrogens with zero attached hydrogens (tertiary/aromatic N) is 5. The SMILES string of the molecule is COc1ccc2nc(N3CCCC(n4cncn4)C3)ccc2c1. The van der Waals surface area contributed by atoms with Gasteiger partial charge in [-0.25, -0.2) is 14.6 Å². The van der Waals surface area contributed by atoms with E-state index < -0.39 is 0 Å². The Labute approximate surface area is 134 Å². The van der Waals surface area contributed by atoms with Crippen LogP contribution < -0.4 is 9.64 Å². The molecule has 3 aromatic rings. The van der Waals surface area contributed by atoms with Gasteiger partial charge in [0, 0.05) is 18.5 Å². The average molecular weight is 309 g/mol. The summed E-state index contributed by atoms with van der Waals surface area (Å²) in [6.07, 6.45) is 5.66. The Bertz CT molecular complexity index is 802. The highest BCUT2D eigenvalue weighted by molar-refractivity contribution is 5.81. The van der Waals surface area contributed by atoms with Gasteiger partial charge in [0.1, 0.15) is 24.2 Å². The molecule has 1 aromatic carbocycles. The largest absolute Gasteiger partial charge is 0.497 e. The lowest BCUT2D eigenvalue weighted by Crippen LogP contribution is -2.37. The number of pyridine rings is 1. The van der Waals surface area contributed by atoms with Crippen molar-refractivity contribution in [1.82, 2.24) is 19.7 Å². The van der Waals surface area contributed by atoms with Crippen molar-refractivity contribution in [3.05, 3.63) is 43.0 Å². The lowest BCUT2D eigenvalue weighted by molar-refractivity contribution is 0.374. The van der Waals surface area contributed by atoms with Crippen molar-refractivity contribution < 1.29 is 4.74 Å². The molecule has 0 radical (unpaired) electrons. The van der Waals surface area contributed by atoms with Crippen molar-refractivity contribution in [1.29, 1.82) is 0 Å². The van der Waals surface area contributed by atoms with Gasteiger partial charge in [0.25, 0.3) is 0 Å². The smallest absolute Gasteiger partial charge is 0.137 e. The van der Waals surface area contributed by atoms with Gasteiger partial charge in [-0.3, -0.25) is 0 Å². The van der Waals surface area contributed by atoms with Crippen LogP contribution in [0.25, 0.3) is 10.9 Å². The Hall–Kier alpha value is -2.63. The number of anilines is 1. The second-order valence-electron chi connectivity index (χ2n) is 5.85. The average Bonchev–Trinajstić information content (AvgIpc) is 3.15. The summed E-state index contributed by atoms with van der Waals surface area (Å²) in [6.45, 7) is 1.94. The second-order valence-corrected chi connectivity index (χ2v) is 5.85. The zero-order valence-corrected chi connectivity index (χ0v) is 13.1. The third kappa shape index (κ3) is 2.72. The van der Waals surface area contributed by atoms with Crippen LogP contribution in [0.4, 0.5) is 5.82 Å². The molecular weight excluding hydrogens is 290 g/mol. The fourth-order valence-electron chi connectivity index (χ4n) is 3.18. The van der Waals surface area contributed by atoms with Crippen molar-refractivity contribution in [2.75, 3.05) is 25.1 Å². The van der Waals surface area contributed by atoms with Crippen LogP contribution in [-0.4, -0.2) is 39.9 Å². The molecule has 23 heavy (non-hydrogen) atoms. The van der Waals surface area contributed by atoms with Gasteiger partial charge in [-0.15, -0.1) is 0 Å². The summed E-state index contributed by atoms with van der Waals surface area (Å²) in [7, 11) is 1.68. The molecule has 6 heteroatoms. The van der Waals surface area contributed by atoms with Gasteiger partial charge in [-0.05, 0) is 43.2 Å². The summed E-state index contributed by atoms with van der Waals surface area (Å²) in [5.41, 5.74) is 0.992. The number of piperidine rings is 1. The second kappa shape index (κ2) is 5.87. The Morgan fingerprint density at radius 1 is 1.22 bits per heavy atom. The van der Waals surface area contributed by atoms with Gasteiger partial charge in [-0.1, -0.05) is 0 Å². The molecule has 4 rings (SSSR count). The number of hydrogen-bond donors (Lipinski definition) is 0. The summed E-state index contributed by atoms with van der Waals surface area (Å²) in [6, 6.07) is 10.5. The van der Waals surface area contributed by atoms with Gasteiger partial charge in [0.2, 0.25) is 0 Å². The molecule has 2 aromatic heterocycles. The van der Waals surface area contributed by atoms with Crippen LogP contribution in [0.2, 0.25) is 0 Å².